The number of carboxylic acids is 1. The summed E-state index contributed by atoms with van der Waals surface area (Å²) in [5, 5.41) is 12.1. The van der Waals surface area contributed by atoms with Crippen molar-refractivity contribution in [3.63, 3.8) is 0 Å². The molecule has 0 bridgehead atoms. The van der Waals surface area contributed by atoms with E-state index in [1.165, 1.54) is 5.56 Å². The third-order valence-corrected chi connectivity index (χ3v) is 6.34. The van der Waals surface area contributed by atoms with E-state index >= 15 is 0 Å². The Bertz CT molecular complexity index is 932. The van der Waals surface area contributed by atoms with Crippen LogP contribution < -0.4 is 21.9 Å². The predicted octanol–water partition coefficient (Wildman–Crippen LogP) is 2.00. The van der Waals surface area contributed by atoms with Gasteiger partial charge in [0.1, 0.15) is 0 Å². The normalized spacial score (nSPS) is 25.5. The minimum absolute atomic E-state index is 0.0556. The summed E-state index contributed by atoms with van der Waals surface area (Å²) in [5.74, 6) is -0.467. The van der Waals surface area contributed by atoms with Crippen molar-refractivity contribution < 1.29 is 14.7 Å². The van der Waals surface area contributed by atoms with Gasteiger partial charge in [-0.05, 0) is 47.4 Å². The molecule has 2 aromatic carbocycles. The van der Waals surface area contributed by atoms with Crippen LogP contribution in [0, 0.1) is 11.8 Å². The first-order valence-electron chi connectivity index (χ1n) is 10.4. The molecule has 1 saturated heterocycles. The molecular weight excluding hydrogens is 380 g/mol. The molecule has 2 aliphatic rings. The largest absolute Gasteiger partial charge is 0.481 e. The average molecular weight is 409 g/mol. The highest BCUT2D eigenvalue weighted by Crippen LogP contribution is 2.42. The quantitative estimate of drug-likeness (QED) is 0.499. The fourth-order valence-corrected chi connectivity index (χ4v) is 4.84. The molecule has 6 N–H and O–H groups in total. The lowest BCUT2D eigenvalue weighted by Crippen LogP contribution is -2.42. The van der Waals surface area contributed by atoms with Gasteiger partial charge >= 0.3 is 5.97 Å². The number of amides is 1. The van der Waals surface area contributed by atoms with E-state index in [1.807, 2.05) is 12.1 Å². The second kappa shape index (κ2) is 8.95. The Hall–Kier alpha value is -2.74. The molecule has 1 aliphatic heterocycles. The van der Waals surface area contributed by atoms with Gasteiger partial charge in [-0.25, -0.2) is 0 Å². The molecule has 30 heavy (non-hydrogen) atoms. The predicted molar refractivity (Wildman–Crippen MR) is 115 cm³/mol. The van der Waals surface area contributed by atoms with Crippen molar-refractivity contribution in [3.8, 4) is 0 Å². The molecule has 0 radical (unpaired) electrons. The molecular formula is C23H28N4O3. The molecule has 7 nitrogen and oxygen atoms in total. The summed E-state index contributed by atoms with van der Waals surface area (Å²) in [5.41, 5.74) is 15.9. The molecule has 4 unspecified atom stereocenters. The van der Waals surface area contributed by atoms with E-state index in [4.69, 9.17) is 10.8 Å². The summed E-state index contributed by atoms with van der Waals surface area (Å²) in [6.07, 6.45) is 1.38. The van der Waals surface area contributed by atoms with Crippen LogP contribution in [0.4, 0.5) is 5.69 Å². The number of nitrogens with one attached hydrogen (secondary N) is 3. The monoisotopic (exact) mass is 408 g/mol. The van der Waals surface area contributed by atoms with Crippen LogP contribution in [0.1, 0.15) is 35.4 Å². The Balaban J connectivity index is 1.54. The number of fused-ring (bicyclic) bond motifs is 1. The minimum Gasteiger partial charge on any atom is -0.481 e. The van der Waals surface area contributed by atoms with Crippen molar-refractivity contribution in [2.75, 3.05) is 11.9 Å². The molecule has 4 atom stereocenters. The summed E-state index contributed by atoms with van der Waals surface area (Å²) in [6.45, 7) is 1.37. The van der Waals surface area contributed by atoms with Crippen LogP contribution in [0.3, 0.4) is 0 Å². The summed E-state index contributed by atoms with van der Waals surface area (Å²) >= 11 is 0. The lowest BCUT2D eigenvalue weighted by molar-refractivity contribution is -0.136. The first kappa shape index (κ1) is 20.5. The molecule has 158 valence electrons. The smallest absolute Gasteiger partial charge is 0.307 e. The topological polar surface area (TPSA) is 116 Å². The number of hydrazine groups is 1. The Kier molecular flexibility index (Phi) is 6.13. The number of anilines is 1. The number of benzene rings is 2. The van der Waals surface area contributed by atoms with Crippen molar-refractivity contribution in [2.24, 2.45) is 17.6 Å². The number of carboxylic acid groups (broad SMARTS) is 1. The van der Waals surface area contributed by atoms with Gasteiger partial charge in [-0.1, -0.05) is 42.5 Å². The molecule has 2 aromatic rings. The number of carbonyl (C=O) groups is 2. The standard InChI is InChI=1S/C23H28N4O3/c24-12-14-4-3-6-15(8-14)18-9-17(10-21-19(18)13-25-27-21)23(30)26-20-7-2-1-5-16(20)11-22(28)29/h1-8,17-19,21,25,27H,9-13,24H2,(H,26,30)(H,28,29). The number of nitrogens with two attached hydrogens (primary N) is 1. The molecule has 0 aromatic heterocycles. The number of para-hydroxylation sites is 1. The molecule has 2 fully saturated rings. The first-order chi connectivity index (χ1) is 14.5. The van der Waals surface area contributed by atoms with Crippen LogP contribution in [0.5, 0.6) is 0 Å². The van der Waals surface area contributed by atoms with E-state index in [0.29, 0.717) is 23.7 Å². The van der Waals surface area contributed by atoms with Gasteiger partial charge in [-0.3, -0.25) is 20.4 Å². The molecule has 0 spiro atoms. The van der Waals surface area contributed by atoms with Gasteiger partial charge in [0.05, 0.1) is 6.42 Å². The highest BCUT2D eigenvalue weighted by molar-refractivity contribution is 5.94. The van der Waals surface area contributed by atoms with Crippen molar-refractivity contribution in [2.45, 2.75) is 37.8 Å². The van der Waals surface area contributed by atoms with E-state index in [2.05, 4.69) is 28.3 Å². The van der Waals surface area contributed by atoms with Crippen molar-refractivity contribution in [1.29, 1.82) is 0 Å². The highest BCUT2D eigenvalue weighted by Gasteiger charge is 2.43. The lowest BCUT2D eigenvalue weighted by Gasteiger charge is -2.37. The average Bonchev–Trinajstić information content (AvgIpc) is 3.23. The zero-order valence-corrected chi connectivity index (χ0v) is 16.8. The number of hydrogen-bond acceptors (Lipinski definition) is 5. The van der Waals surface area contributed by atoms with E-state index < -0.39 is 5.97 Å². The SMILES string of the molecule is NCc1cccc(C2CC(C(=O)Nc3ccccc3CC(=O)O)CC3NNCC32)c1. The number of hydrogen-bond donors (Lipinski definition) is 5. The molecule has 1 heterocycles. The second-order valence-electron chi connectivity index (χ2n) is 8.24. The van der Waals surface area contributed by atoms with Crippen molar-refractivity contribution in [1.82, 2.24) is 10.9 Å². The number of aliphatic carboxylic acids is 1. The lowest BCUT2D eigenvalue weighted by atomic mass is 9.69. The number of rotatable bonds is 6. The van der Waals surface area contributed by atoms with Crippen LogP contribution in [0.2, 0.25) is 0 Å². The van der Waals surface area contributed by atoms with Gasteiger partial charge < -0.3 is 16.2 Å². The van der Waals surface area contributed by atoms with Gasteiger partial charge in [0.2, 0.25) is 5.91 Å². The summed E-state index contributed by atoms with van der Waals surface area (Å²) in [6, 6.07) is 15.7. The van der Waals surface area contributed by atoms with Crippen LogP contribution in [0.15, 0.2) is 48.5 Å². The van der Waals surface area contributed by atoms with Gasteiger partial charge in [0.25, 0.3) is 0 Å². The third-order valence-electron chi connectivity index (χ3n) is 6.34. The van der Waals surface area contributed by atoms with E-state index in [-0.39, 0.29) is 30.2 Å². The molecule has 7 heteroatoms. The highest BCUT2D eigenvalue weighted by atomic mass is 16.4. The molecule has 1 amide bonds. The van der Waals surface area contributed by atoms with E-state index in [9.17, 15) is 9.59 Å². The summed E-state index contributed by atoms with van der Waals surface area (Å²) < 4.78 is 0. The van der Waals surface area contributed by atoms with Gasteiger partial charge in [-0.15, -0.1) is 0 Å². The molecule has 4 rings (SSSR count). The fraction of sp³-hybridized carbons (Fsp3) is 0.391. The van der Waals surface area contributed by atoms with Crippen molar-refractivity contribution in [3.05, 3.63) is 65.2 Å². The molecule has 1 aliphatic carbocycles. The van der Waals surface area contributed by atoms with Gasteiger partial charge in [0.15, 0.2) is 0 Å². The van der Waals surface area contributed by atoms with E-state index in [0.717, 1.165) is 24.9 Å². The van der Waals surface area contributed by atoms with E-state index in [1.54, 1.807) is 24.3 Å². The Morgan fingerprint density at radius 3 is 2.77 bits per heavy atom. The Morgan fingerprint density at radius 2 is 1.97 bits per heavy atom. The first-order valence-corrected chi connectivity index (χ1v) is 10.4. The third kappa shape index (κ3) is 4.38. The maximum Gasteiger partial charge on any atom is 0.307 e. The fourth-order valence-electron chi connectivity index (χ4n) is 4.84. The van der Waals surface area contributed by atoms with Crippen LogP contribution in [-0.2, 0) is 22.6 Å². The maximum atomic E-state index is 13.2. The van der Waals surface area contributed by atoms with Gasteiger partial charge in [-0.2, -0.15) is 0 Å². The van der Waals surface area contributed by atoms with Gasteiger partial charge in [0, 0.05) is 30.7 Å². The zero-order chi connectivity index (χ0) is 21.1. The Morgan fingerprint density at radius 1 is 1.13 bits per heavy atom. The summed E-state index contributed by atoms with van der Waals surface area (Å²) in [4.78, 5) is 24.3. The van der Waals surface area contributed by atoms with Crippen LogP contribution in [0.25, 0.3) is 0 Å². The maximum absolute atomic E-state index is 13.2. The molecule has 1 saturated carbocycles. The van der Waals surface area contributed by atoms with Crippen LogP contribution >= 0.6 is 0 Å². The minimum atomic E-state index is -0.918. The van der Waals surface area contributed by atoms with Crippen molar-refractivity contribution >= 4 is 17.6 Å². The number of carbonyl (C=O) groups excluding carboxylic acids is 1. The second-order valence-corrected chi connectivity index (χ2v) is 8.24. The zero-order valence-electron chi connectivity index (χ0n) is 16.8. The summed E-state index contributed by atoms with van der Waals surface area (Å²) in [7, 11) is 0. The van der Waals surface area contributed by atoms with Crippen LogP contribution in [-0.4, -0.2) is 29.6 Å². The Labute approximate surface area is 176 Å².